The Kier molecular flexibility index (Phi) is 6.07. The molecule has 0 saturated carbocycles. The van der Waals surface area contributed by atoms with Gasteiger partial charge in [0.05, 0.1) is 0 Å². The van der Waals surface area contributed by atoms with E-state index in [2.05, 4.69) is 30.1 Å². The normalized spacial score (nSPS) is 18.4. The number of nitrogens with one attached hydrogen (secondary N) is 1. The van der Waals surface area contributed by atoms with Gasteiger partial charge in [-0.1, -0.05) is 36.7 Å². The van der Waals surface area contributed by atoms with E-state index in [-0.39, 0.29) is 11.8 Å². The molecular formula is C17H25ClN2O. The van der Waals surface area contributed by atoms with E-state index in [9.17, 15) is 4.79 Å². The number of piperidine rings is 1. The standard InChI is InChI=1S/C17H25ClN2O/c1-3-10-19-17(21)14-8-11-20(12-9-14)13(2)15-6-4-5-7-16(15)18/h4-7,13-14H,3,8-12H2,1-2H3,(H,19,21). The maximum Gasteiger partial charge on any atom is 0.223 e. The van der Waals surface area contributed by atoms with Crippen LogP contribution < -0.4 is 5.32 Å². The predicted octanol–water partition coefficient (Wildman–Crippen LogP) is 3.64. The quantitative estimate of drug-likeness (QED) is 0.900. The van der Waals surface area contributed by atoms with Crippen molar-refractivity contribution in [2.75, 3.05) is 19.6 Å². The van der Waals surface area contributed by atoms with Gasteiger partial charge in [0.25, 0.3) is 0 Å². The zero-order chi connectivity index (χ0) is 15.2. The van der Waals surface area contributed by atoms with E-state index in [1.807, 2.05) is 18.2 Å². The Bertz CT molecular complexity index is 470. The summed E-state index contributed by atoms with van der Waals surface area (Å²) >= 11 is 6.28. The highest BCUT2D eigenvalue weighted by molar-refractivity contribution is 6.31. The third kappa shape index (κ3) is 4.21. The van der Waals surface area contributed by atoms with Crippen LogP contribution in [0.4, 0.5) is 0 Å². The van der Waals surface area contributed by atoms with Gasteiger partial charge >= 0.3 is 0 Å². The first-order valence-corrected chi connectivity index (χ1v) is 8.27. The Morgan fingerprint density at radius 1 is 1.38 bits per heavy atom. The van der Waals surface area contributed by atoms with Crippen molar-refractivity contribution in [3.8, 4) is 0 Å². The Morgan fingerprint density at radius 3 is 2.67 bits per heavy atom. The third-order valence-corrected chi connectivity index (χ3v) is 4.70. The van der Waals surface area contributed by atoms with Gasteiger partial charge in [0.15, 0.2) is 0 Å². The molecule has 0 aromatic heterocycles. The molecule has 3 nitrogen and oxygen atoms in total. The minimum atomic E-state index is 0.172. The zero-order valence-electron chi connectivity index (χ0n) is 12.9. The number of halogens is 1. The van der Waals surface area contributed by atoms with Crippen molar-refractivity contribution < 1.29 is 4.79 Å². The van der Waals surface area contributed by atoms with Crippen molar-refractivity contribution in [1.82, 2.24) is 10.2 Å². The summed E-state index contributed by atoms with van der Waals surface area (Å²) in [6.07, 6.45) is 2.86. The van der Waals surface area contributed by atoms with Gasteiger partial charge in [0, 0.05) is 23.5 Å². The average Bonchev–Trinajstić information content (AvgIpc) is 2.52. The Hall–Kier alpha value is -1.06. The fourth-order valence-corrected chi connectivity index (χ4v) is 3.25. The average molecular weight is 309 g/mol. The number of hydrogen-bond acceptors (Lipinski definition) is 2. The monoisotopic (exact) mass is 308 g/mol. The van der Waals surface area contributed by atoms with E-state index in [4.69, 9.17) is 11.6 Å². The molecule has 1 saturated heterocycles. The second-order valence-corrected chi connectivity index (χ2v) is 6.21. The number of benzene rings is 1. The smallest absolute Gasteiger partial charge is 0.223 e. The summed E-state index contributed by atoms with van der Waals surface area (Å²) in [7, 11) is 0. The van der Waals surface area contributed by atoms with Crippen molar-refractivity contribution in [2.24, 2.45) is 5.92 Å². The van der Waals surface area contributed by atoms with Crippen LogP contribution in [0.1, 0.15) is 44.7 Å². The zero-order valence-corrected chi connectivity index (χ0v) is 13.7. The summed E-state index contributed by atoms with van der Waals surface area (Å²) in [6, 6.07) is 8.33. The molecule has 1 heterocycles. The van der Waals surface area contributed by atoms with Crippen LogP contribution in [0.15, 0.2) is 24.3 Å². The molecule has 0 spiro atoms. The van der Waals surface area contributed by atoms with Gasteiger partial charge in [-0.15, -0.1) is 0 Å². The molecular weight excluding hydrogens is 284 g/mol. The minimum Gasteiger partial charge on any atom is -0.356 e. The fraction of sp³-hybridized carbons (Fsp3) is 0.588. The lowest BCUT2D eigenvalue weighted by Crippen LogP contribution is -2.41. The summed E-state index contributed by atoms with van der Waals surface area (Å²) in [4.78, 5) is 14.4. The molecule has 1 aliphatic heterocycles. The maximum atomic E-state index is 12.0. The van der Waals surface area contributed by atoms with E-state index < -0.39 is 0 Å². The Balaban J connectivity index is 1.89. The van der Waals surface area contributed by atoms with E-state index in [1.54, 1.807) is 0 Å². The van der Waals surface area contributed by atoms with Crippen molar-refractivity contribution in [3.63, 3.8) is 0 Å². The number of hydrogen-bond donors (Lipinski definition) is 1. The lowest BCUT2D eigenvalue weighted by Gasteiger charge is -2.36. The van der Waals surface area contributed by atoms with Crippen molar-refractivity contribution in [2.45, 2.75) is 39.2 Å². The first-order chi connectivity index (χ1) is 10.1. The molecule has 1 atom stereocenters. The van der Waals surface area contributed by atoms with Gasteiger partial charge < -0.3 is 5.32 Å². The molecule has 1 aromatic carbocycles. The molecule has 1 unspecified atom stereocenters. The number of carbonyl (C=O) groups excluding carboxylic acids is 1. The fourth-order valence-electron chi connectivity index (χ4n) is 2.95. The van der Waals surface area contributed by atoms with E-state index in [0.717, 1.165) is 43.9 Å². The van der Waals surface area contributed by atoms with Crippen molar-refractivity contribution >= 4 is 17.5 Å². The molecule has 1 aromatic rings. The first kappa shape index (κ1) is 16.3. The van der Waals surface area contributed by atoms with Crippen LogP contribution in [0, 0.1) is 5.92 Å². The van der Waals surface area contributed by atoms with E-state index in [1.165, 1.54) is 5.56 Å². The van der Waals surface area contributed by atoms with Crippen LogP contribution in [0.2, 0.25) is 5.02 Å². The predicted molar refractivity (Wildman–Crippen MR) is 87.5 cm³/mol. The summed E-state index contributed by atoms with van der Waals surface area (Å²) < 4.78 is 0. The van der Waals surface area contributed by atoms with Crippen LogP contribution in [-0.4, -0.2) is 30.4 Å². The van der Waals surface area contributed by atoms with Crippen LogP contribution in [0.5, 0.6) is 0 Å². The third-order valence-electron chi connectivity index (χ3n) is 4.35. The first-order valence-electron chi connectivity index (χ1n) is 7.89. The number of amides is 1. The van der Waals surface area contributed by atoms with Gasteiger partial charge in [0.1, 0.15) is 0 Å². The van der Waals surface area contributed by atoms with Crippen LogP contribution >= 0.6 is 11.6 Å². The largest absolute Gasteiger partial charge is 0.356 e. The second kappa shape index (κ2) is 7.81. The maximum absolute atomic E-state index is 12.0. The molecule has 1 amide bonds. The molecule has 21 heavy (non-hydrogen) atoms. The van der Waals surface area contributed by atoms with Gasteiger partial charge in [-0.2, -0.15) is 0 Å². The second-order valence-electron chi connectivity index (χ2n) is 5.80. The lowest BCUT2D eigenvalue weighted by atomic mass is 9.94. The summed E-state index contributed by atoms with van der Waals surface area (Å²) in [6.45, 7) is 6.97. The molecule has 0 radical (unpaired) electrons. The Labute approximate surface area is 132 Å². The highest BCUT2D eigenvalue weighted by Crippen LogP contribution is 2.30. The molecule has 1 fully saturated rings. The van der Waals surface area contributed by atoms with Crippen LogP contribution in [0.3, 0.4) is 0 Å². The molecule has 0 aliphatic carbocycles. The summed E-state index contributed by atoms with van der Waals surface area (Å²) in [5.41, 5.74) is 1.17. The molecule has 1 N–H and O–H groups in total. The van der Waals surface area contributed by atoms with Gasteiger partial charge in [0.2, 0.25) is 5.91 Å². The van der Waals surface area contributed by atoms with E-state index >= 15 is 0 Å². The number of carbonyl (C=O) groups is 1. The lowest BCUT2D eigenvalue weighted by molar-refractivity contribution is -0.126. The summed E-state index contributed by atoms with van der Waals surface area (Å²) in [5, 5.41) is 3.84. The van der Waals surface area contributed by atoms with Crippen LogP contribution in [-0.2, 0) is 4.79 Å². The molecule has 116 valence electrons. The SMILES string of the molecule is CCCNC(=O)C1CCN(C(C)c2ccccc2Cl)CC1. The highest BCUT2D eigenvalue weighted by Gasteiger charge is 2.27. The molecule has 2 rings (SSSR count). The minimum absolute atomic E-state index is 0.172. The summed E-state index contributed by atoms with van der Waals surface area (Å²) in [5.74, 6) is 0.396. The van der Waals surface area contributed by atoms with Gasteiger partial charge in [-0.3, -0.25) is 9.69 Å². The topological polar surface area (TPSA) is 32.3 Å². The van der Waals surface area contributed by atoms with Crippen molar-refractivity contribution in [3.05, 3.63) is 34.9 Å². The van der Waals surface area contributed by atoms with E-state index in [0.29, 0.717) is 6.04 Å². The van der Waals surface area contributed by atoms with Gasteiger partial charge in [-0.05, 0) is 50.9 Å². The van der Waals surface area contributed by atoms with Crippen molar-refractivity contribution in [1.29, 1.82) is 0 Å². The number of rotatable bonds is 5. The number of nitrogens with zero attached hydrogens (tertiary/aromatic N) is 1. The molecule has 0 bridgehead atoms. The Morgan fingerprint density at radius 2 is 2.05 bits per heavy atom. The molecule has 1 aliphatic rings. The van der Waals surface area contributed by atoms with Gasteiger partial charge in [-0.25, -0.2) is 0 Å². The number of likely N-dealkylation sites (tertiary alicyclic amines) is 1. The molecule has 4 heteroatoms. The van der Waals surface area contributed by atoms with Crippen LogP contribution in [0.25, 0.3) is 0 Å². The highest BCUT2D eigenvalue weighted by atomic mass is 35.5.